The molecule has 0 aliphatic carbocycles. The number of nitrogens with one attached hydrogen (secondary N) is 1. The predicted molar refractivity (Wildman–Crippen MR) is 116 cm³/mol. The SMILES string of the molecule is CC1CN(C(=O)Cn2c(=O)c(C(=O)NCc3ccc(Cl)cc3)cc3cc(O)cnc32)C1. The maximum Gasteiger partial charge on any atom is 0.265 e. The fourth-order valence-corrected chi connectivity index (χ4v) is 3.71. The van der Waals surface area contributed by atoms with Crippen molar-refractivity contribution in [3.8, 4) is 5.75 Å². The van der Waals surface area contributed by atoms with Crippen molar-refractivity contribution in [3.05, 3.63) is 69.1 Å². The number of rotatable bonds is 5. The van der Waals surface area contributed by atoms with E-state index in [9.17, 15) is 19.5 Å². The lowest BCUT2D eigenvalue weighted by Gasteiger charge is -2.37. The molecule has 0 spiro atoms. The van der Waals surface area contributed by atoms with E-state index in [1.165, 1.54) is 22.9 Å². The predicted octanol–water partition coefficient (Wildman–Crippen LogP) is 2.16. The monoisotopic (exact) mass is 440 g/mol. The maximum absolute atomic E-state index is 13.1. The molecule has 1 saturated heterocycles. The Morgan fingerprint density at radius 2 is 1.94 bits per heavy atom. The number of carbonyl (C=O) groups excluding carboxylic acids is 2. The fourth-order valence-electron chi connectivity index (χ4n) is 3.58. The van der Waals surface area contributed by atoms with Gasteiger partial charge in [-0.2, -0.15) is 0 Å². The highest BCUT2D eigenvalue weighted by Gasteiger charge is 2.28. The van der Waals surface area contributed by atoms with Crippen molar-refractivity contribution in [2.24, 2.45) is 5.92 Å². The molecular weight excluding hydrogens is 420 g/mol. The van der Waals surface area contributed by atoms with E-state index in [-0.39, 0.29) is 36.0 Å². The van der Waals surface area contributed by atoms with Crippen molar-refractivity contribution in [1.29, 1.82) is 0 Å². The number of halogens is 1. The second-order valence-electron chi connectivity index (χ2n) is 7.77. The summed E-state index contributed by atoms with van der Waals surface area (Å²) >= 11 is 5.87. The van der Waals surface area contributed by atoms with Crippen molar-refractivity contribution in [1.82, 2.24) is 19.8 Å². The van der Waals surface area contributed by atoms with E-state index in [1.54, 1.807) is 29.2 Å². The second kappa shape index (κ2) is 8.39. The Kier molecular flexibility index (Phi) is 5.65. The molecule has 4 rings (SSSR count). The topological polar surface area (TPSA) is 105 Å². The zero-order valence-electron chi connectivity index (χ0n) is 16.8. The highest BCUT2D eigenvalue weighted by Crippen LogP contribution is 2.19. The molecule has 31 heavy (non-hydrogen) atoms. The van der Waals surface area contributed by atoms with E-state index in [0.29, 0.717) is 29.4 Å². The average Bonchev–Trinajstić information content (AvgIpc) is 2.72. The van der Waals surface area contributed by atoms with Crippen molar-refractivity contribution < 1.29 is 14.7 Å². The van der Waals surface area contributed by atoms with Crippen LogP contribution in [0.25, 0.3) is 11.0 Å². The van der Waals surface area contributed by atoms with Crippen molar-refractivity contribution in [2.45, 2.75) is 20.0 Å². The van der Waals surface area contributed by atoms with Gasteiger partial charge in [0.1, 0.15) is 23.5 Å². The van der Waals surface area contributed by atoms with Crippen LogP contribution >= 0.6 is 11.6 Å². The second-order valence-corrected chi connectivity index (χ2v) is 8.21. The summed E-state index contributed by atoms with van der Waals surface area (Å²) < 4.78 is 1.19. The Hall–Kier alpha value is -3.39. The summed E-state index contributed by atoms with van der Waals surface area (Å²) in [5.74, 6) is -0.468. The third-order valence-corrected chi connectivity index (χ3v) is 5.48. The van der Waals surface area contributed by atoms with E-state index in [1.807, 2.05) is 6.92 Å². The number of aromatic hydroxyl groups is 1. The van der Waals surface area contributed by atoms with Crippen molar-refractivity contribution in [3.63, 3.8) is 0 Å². The van der Waals surface area contributed by atoms with Crippen LogP contribution in [-0.4, -0.2) is 44.5 Å². The molecule has 1 aromatic carbocycles. The normalized spacial score (nSPS) is 13.8. The summed E-state index contributed by atoms with van der Waals surface area (Å²) in [6, 6.07) is 9.76. The molecule has 2 N–H and O–H groups in total. The fraction of sp³-hybridized carbons (Fsp3) is 0.273. The highest BCUT2D eigenvalue weighted by molar-refractivity contribution is 6.30. The van der Waals surface area contributed by atoms with Gasteiger partial charge in [0.2, 0.25) is 5.91 Å². The van der Waals surface area contributed by atoms with Crippen LogP contribution in [0.5, 0.6) is 5.75 Å². The minimum absolute atomic E-state index is 0.104. The molecule has 8 nitrogen and oxygen atoms in total. The Labute approximate surface area is 183 Å². The summed E-state index contributed by atoms with van der Waals surface area (Å²) in [4.78, 5) is 44.3. The Morgan fingerprint density at radius 1 is 1.23 bits per heavy atom. The van der Waals surface area contributed by atoms with Crippen LogP contribution < -0.4 is 10.9 Å². The first-order chi connectivity index (χ1) is 14.8. The molecule has 1 aliphatic heterocycles. The standard InChI is InChI=1S/C22H21ClN4O4/c1-13-10-26(11-13)19(29)12-27-20-15(6-17(28)9-24-20)7-18(22(27)31)21(30)25-8-14-2-4-16(23)5-3-14/h2-7,9,13,28H,8,10-12H2,1H3,(H,25,30). The van der Waals surface area contributed by atoms with Gasteiger partial charge in [-0.25, -0.2) is 4.98 Å². The minimum Gasteiger partial charge on any atom is -0.506 e. The van der Waals surface area contributed by atoms with Crippen LogP contribution in [-0.2, 0) is 17.9 Å². The lowest BCUT2D eigenvalue weighted by atomic mass is 10.0. The molecular formula is C22H21ClN4O4. The number of carbonyl (C=O) groups is 2. The smallest absolute Gasteiger partial charge is 0.265 e. The molecule has 0 bridgehead atoms. The van der Waals surface area contributed by atoms with E-state index >= 15 is 0 Å². The summed E-state index contributed by atoms with van der Waals surface area (Å²) in [7, 11) is 0. The van der Waals surface area contributed by atoms with Gasteiger partial charge >= 0.3 is 0 Å². The molecule has 0 unspecified atom stereocenters. The number of hydrogen-bond donors (Lipinski definition) is 2. The largest absolute Gasteiger partial charge is 0.506 e. The number of nitrogens with zero attached hydrogens (tertiary/aromatic N) is 3. The number of fused-ring (bicyclic) bond motifs is 1. The molecule has 3 heterocycles. The lowest BCUT2D eigenvalue weighted by molar-refractivity contribution is -0.137. The first-order valence-electron chi connectivity index (χ1n) is 9.85. The highest BCUT2D eigenvalue weighted by atomic mass is 35.5. The molecule has 1 fully saturated rings. The Bertz CT molecular complexity index is 1220. The molecule has 0 atom stereocenters. The molecule has 9 heteroatoms. The van der Waals surface area contributed by atoms with Crippen LogP contribution in [0.3, 0.4) is 0 Å². The molecule has 3 aromatic rings. The zero-order valence-corrected chi connectivity index (χ0v) is 17.6. The Morgan fingerprint density at radius 3 is 2.61 bits per heavy atom. The Balaban J connectivity index is 1.65. The zero-order chi connectivity index (χ0) is 22.1. The number of hydrogen-bond acceptors (Lipinski definition) is 5. The van der Waals surface area contributed by atoms with E-state index in [4.69, 9.17) is 11.6 Å². The van der Waals surface area contributed by atoms with Crippen LogP contribution in [0, 0.1) is 5.92 Å². The van der Waals surface area contributed by atoms with Crippen LogP contribution in [0.1, 0.15) is 22.8 Å². The summed E-state index contributed by atoms with van der Waals surface area (Å²) in [5, 5.41) is 13.5. The third kappa shape index (κ3) is 4.39. The van der Waals surface area contributed by atoms with Gasteiger partial charge in [0.25, 0.3) is 11.5 Å². The van der Waals surface area contributed by atoms with Gasteiger partial charge in [-0.1, -0.05) is 30.7 Å². The lowest BCUT2D eigenvalue weighted by Crippen LogP contribution is -2.50. The quantitative estimate of drug-likeness (QED) is 0.632. The summed E-state index contributed by atoms with van der Waals surface area (Å²) in [6.45, 7) is 3.30. The van der Waals surface area contributed by atoms with Gasteiger partial charge in [0.15, 0.2) is 0 Å². The van der Waals surface area contributed by atoms with Crippen LogP contribution in [0.4, 0.5) is 0 Å². The molecule has 2 amide bonds. The first kappa shape index (κ1) is 20.9. The number of pyridine rings is 2. The molecule has 2 aromatic heterocycles. The number of benzene rings is 1. The van der Waals surface area contributed by atoms with Gasteiger partial charge in [0, 0.05) is 30.0 Å². The number of aromatic nitrogens is 2. The van der Waals surface area contributed by atoms with Crippen LogP contribution in [0.2, 0.25) is 5.02 Å². The number of likely N-dealkylation sites (tertiary alicyclic amines) is 1. The molecule has 0 saturated carbocycles. The van der Waals surface area contributed by atoms with Crippen LogP contribution in [0.15, 0.2) is 47.4 Å². The maximum atomic E-state index is 13.1. The van der Waals surface area contributed by atoms with Gasteiger partial charge < -0.3 is 15.3 Å². The number of amides is 2. The van der Waals surface area contributed by atoms with Gasteiger partial charge in [0.05, 0.1) is 6.20 Å². The average molecular weight is 441 g/mol. The van der Waals surface area contributed by atoms with Gasteiger partial charge in [-0.3, -0.25) is 19.0 Å². The molecule has 1 aliphatic rings. The molecule has 0 radical (unpaired) electrons. The minimum atomic E-state index is -0.610. The third-order valence-electron chi connectivity index (χ3n) is 5.23. The van der Waals surface area contributed by atoms with Gasteiger partial charge in [-0.15, -0.1) is 0 Å². The van der Waals surface area contributed by atoms with Crippen molar-refractivity contribution >= 4 is 34.4 Å². The molecule has 160 valence electrons. The van der Waals surface area contributed by atoms with E-state index in [0.717, 1.165) is 5.56 Å². The van der Waals surface area contributed by atoms with Gasteiger partial charge in [-0.05, 0) is 35.7 Å². The summed E-state index contributed by atoms with van der Waals surface area (Å²) in [6.07, 6.45) is 1.20. The van der Waals surface area contributed by atoms with E-state index in [2.05, 4.69) is 10.3 Å². The summed E-state index contributed by atoms with van der Waals surface area (Å²) in [5.41, 5.74) is 0.319. The van der Waals surface area contributed by atoms with E-state index < -0.39 is 11.5 Å². The van der Waals surface area contributed by atoms with Crippen molar-refractivity contribution in [2.75, 3.05) is 13.1 Å². The first-order valence-corrected chi connectivity index (χ1v) is 10.2.